The molecule has 0 spiro atoms. The highest BCUT2D eigenvalue weighted by molar-refractivity contribution is 9.10. The fourth-order valence-corrected chi connectivity index (χ4v) is 3.36. The molecule has 1 aromatic carbocycles. The number of halogens is 1. The average Bonchev–Trinajstić information content (AvgIpc) is 3.06. The van der Waals surface area contributed by atoms with Gasteiger partial charge in [0.2, 0.25) is 0 Å². The highest BCUT2D eigenvalue weighted by atomic mass is 79.9. The largest absolute Gasteiger partial charge is 0.462 e. The topological polar surface area (TPSA) is 39.9 Å². The maximum absolute atomic E-state index is 12.4. The summed E-state index contributed by atoms with van der Waals surface area (Å²) in [5.74, 6) is -0.310. The van der Waals surface area contributed by atoms with Gasteiger partial charge in [0.25, 0.3) is 0 Å². The van der Waals surface area contributed by atoms with Gasteiger partial charge >= 0.3 is 5.97 Å². The predicted octanol–water partition coefficient (Wildman–Crippen LogP) is 4.92. The van der Waals surface area contributed by atoms with Crippen molar-refractivity contribution in [3.05, 3.63) is 75.5 Å². The zero-order chi connectivity index (χ0) is 18.0. The second-order valence-corrected chi connectivity index (χ2v) is 6.67. The molecule has 3 rings (SSSR count). The minimum atomic E-state index is -0.310. The van der Waals surface area contributed by atoms with E-state index in [0.717, 1.165) is 26.8 Å². The average molecular weight is 402 g/mol. The van der Waals surface area contributed by atoms with Crippen molar-refractivity contribution in [2.75, 3.05) is 13.7 Å². The van der Waals surface area contributed by atoms with E-state index in [4.69, 9.17) is 9.47 Å². The molecule has 0 bridgehead atoms. The Hall–Kier alpha value is -2.11. The summed E-state index contributed by atoms with van der Waals surface area (Å²) in [7, 11) is 1.68. The summed E-state index contributed by atoms with van der Waals surface area (Å²) in [5, 5.41) is 0. The lowest BCUT2D eigenvalue weighted by Gasteiger charge is -2.22. The third-order valence-electron chi connectivity index (χ3n) is 4.27. The van der Waals surface area contributed by atoms with E-state index in [9.17, 15) is 4.79 Å². The minimum Gasteiger partial charge on any atom is -0.462 e. The van der Waals surface area contributed by atoms with E-state index in [2.05, 4.69) is 20.3 Å². The lowest BCUT2D eigenvalue weighted by atomic mass is 9.98. The highest BCUT2D eigenvalue weighted by Crippen LogP contribution is 2.32. The minimum absolute atomic E-state index is 0.294. The van der Waals surface area contributed by atoms with Gasteiger partial charge in [-0.2, -0.15) is 0 Å². The first kappa shape index (κ1) is 17.7. The summed E-state index contributed by atoms with van der Waals surface area (Å²) < 4.78 is 14.1. The number of nitrogens with zero attached hydrogens (tertiary/aromatic N) is 1. The van der Waals surface area contributed by atoms with Crippen molar-refractivity contribution >= 4 is 27.4 Å². The van der Waals surface area contributed by atoms with Crippen LogP contribution in [-0.4, -0.2) is 24.1 Å². The van der Waals surface area contributed by atoms with Crippen LogP contribution in [0.4, 0.5) is 0 Å². The maximum Gasteiger partial charge on any atom is 0.338 e. The van der Waals surface area contributed by atoms with Crippen molar-refractivity contribution in [3.8, 4) is 0 Å². The Balaban J connectivity index is 2.22. The smallest absolute Gasteiger partial charge is 0.338 e. The normalized spacial score (nSPS) is 12.3. The standard InChI is InChI=1S/C20H20BrNO3/c1-4-25-20(23)17-12-16-6-5-11-22(16)18(13(17)2)19(24-3)14-7-9-15(21)10-8-14/h5-12,19H,4H2,1-3H3. The third kappa shape index (κ3) is 3.34. The fourth-order valence-electron chi connectivity index (χ4n) is 3.09. The summed E-state index contributed by atoms with van der Waals surface area (Å²) in [6.45, 7) is 4.09. The molecule has 0 saturated heterocycles. The van der Waals surface area contributed by atoms with E-state index in [-0.39, 0.29) is 12.1 Å². The summed E-state index contributed by atoms with van der Waals surface area (Å²) in [6.07, 6.45) is 1.69. The Morgan fingerprint density at radius 2 is 1.96 bits per heavy atom. The van der Waals surface area contributed by atoms with Crippen molar-refractivity contribution in [2.45, 2.75) is 20.0 Å². The Morgan fingerprint density at radius 1 is 1.24 bits per heavy atom. The van der Waals surface area contributed by atoms with E-state index in [1.807, 2.05) is 62.5 Å². The zero-order valence-electron chi connectivity index (χ0n) is 14.5. The first-order chi connectivity index (χ1) is 12.1. The number of benzene rings is 1. The second-order valence-electron chi connectivity index (χ2n) is 5.76. The van der Waals surface area contributed by atoms with E-state index in [1.54, 1.807) is 7.11 Å². The van der Waals surface area contributed by atoms with Gasteiger partial charge < -0.3 is 13.9 Å². The monoisotopic (exact) mass is 401 g/mol. The fraction of sp³-hybridized carbons (Fsp3) is 0.250. The Morgan fingerprint density at radius 3 is 2.60 bits per heavy atom. The molecule has 2 aromatic heterocycles. The van der Waals surface area contributed by atoms with Crippen LogP contribution < -0.4 is 0 Å². The van der Waals surface area contributed by atoms with Gasteiger partial charge in [-0.3, -0.25) is 0 Å². The molecule has 5 heteroatoms. The molecule has 130 valence electrons. The van der Waals surface area contributed by atoms with Gasteiger partial charge in [-0.25, -0.2) is 4.79 Å². The number of pyridine rings is 1. The second kappa shape index (κ2) is 7.42. The van der Waals surface area contributed by atoms with E-state index >= 15 is 0 Å². The van der Waals surface area contributed by atoms with Crippen LogP contribution in [0.3, 0.4) is 0 Å². The zero-order valence-corrected chi connectivity index (χ0v) is 16.0. The quantitative estimate of drug-likeness (QED) is 0.569. The number of rotatable bonds is 5. The first-order valence-corrected chi connectivity index (χ1v) is 8.92. The van der Waals surface area contributed by atoms with E-state index in [1.165, 1.54) is 0 Å². The molecule has 0 aliphatic rings. The number of methoxy groups -OCH3 is 1. The van der Waals surface area contributed by atoms with Gasteiger partial charge in [-0.05, 0) is 55.3 Å². The number of esters is 1. The van der Waals surface area contributed by atoms with Crippen LogP contribution in [0.5, 0.6) is 0 Å². The van der Waals surface area contributed by atoms with Gasteiger partial charge in [-0.15, -0.1) is 0 Å². The van der Waals surface area contributed by atoms with Crippen molar-refractivity contribution in [2.24, 2.45) is 0 Å². The molecular formula is C20H20BrNO3. The molecule has 25 heavy (non-hydrogen) atoms. The third-order valence-corrected chi connectivity index (χ3v) is 4.80. The van der Waals surface area contributed by atoms with Crippen LogP contribution in [-0.2, 0) is 9.47 Å². The molecule has 1 unspecified atom stereocenters. The summed E-state index contributed by atoms with van der Waals surface area (Å²) in [6, 6.07) is 13.8. The van der Waals surface area contributed by atoms with Crippen LogP contribution in [0.25, 0.3) is 5.52 Å². The number of carbonyl (C=O) groups is 1. The van der Waals surface area contributed by atoms with E-state index in [0.29, 0.717) is 12.2 Å². The number of hydrogen-bond donors (Lipinski definition) is 0. The number of carbonyl (C=O) groups excluding carboxylic acids is 1. The summed E-state index contributed by atoms with van der Waals surface area (Å²) in [5.41, 5.74) is 4.31. The number of fused-ring (bicyclic) bond motifs is 1. The molecule has 0 N–H and O–H groups in total. The molecule has 2 heterocycles. The van der Waals surface area contributed by atoms with Gasteiger partial charge in [0, 0.05) is 23.3 Å². The summed E-state index contributed by atoms with van der Waals surface area (Å²) in [4.78, 5) is 12.4. The van der Waals surface area contributed by atoms with Crippen LogP contribution in [0.2, 0.25) is 0 Å². The van der Waals surface area contributed by atoms with Gasteiger partial charge in [0.05, 0.1) is 17.9 Å². The number of hydrogen-bond acceptors (Lipinski definition) is 3. The number of ether oxygens (including phenoxy) is 2. The van der Waals surface area contributed by atoms with Crippen LogP contribution in [0.1, 0.15) is 40.2 Å². The predicted molar refractivity (Wildman–Crippen MR) is 101 cm³/mol. The Kier molecular flexibility index (Phi) is 5.25. The Labute approximate surface area is 155 Å². The molecule has 0 fully saturated rings. The first-order valence-electron chi connectivity index (χ1n) is 8.12. The Bertz CT molecular complexity index is 899. The molecule has 4 nitrogen and oxygen atoms in total. The maximum atomic E-state index is 12.4. The lowest BCUT2D eigenvalue weighted by molar-refractivity contribution is 0.0524. The lowest BCUT2D eigenvalue weighted by Crippen LogP contribution is -2.15. The van der Waals surface area contributed by atoms with Gasteiger partial charge in [-0.1, -0.05) is 28.1 Å². The molecule has 3 aromatic rings. The van der Waals surface area contributed by atoms with Gasteiger partial charge in [0.15, 0.2) is 0 Å². The van der Waals surface area contributed by atoms with E-state index < -0.39 is 0 Å². The van der Waals surface area contributed by atoms with Crippen LogP contribution in [0.15, 0.2) is 53.1 Å². The highest BCUT2D eigenvalue weighted by Gasteiger charge is 2.23. The van der Waals surface area contributed by atoms with Crippen LogP contribution in [0, 0.1) is 6.92 Å². The SMILES string of the molecule is CCOC(=O)c1cc2cccn2c(C(OC)c2ccc(Br)cc2)c1C. The number of aromatic nitrogens is 1. The molecule has 1 atom stereocenters. The molecule has 0 aliphatic heterocycles. The van der Waals surface area contributed by atoms with Crippen molar-refractivity contribution in [1.29, 1.82) is 0 Å². The van der Waals surface area contributed by atoms with Crippen molar-refractivity contribution in [3.63, 3.8) is 0 Å². The van der Waals surface area contributed by atoms with Crippen molar-refractivity contribution < 1.29 is 14.3 Å². The molecule has 0 radical (unpaired) electrons. The molecule has 0 saturated carbocycles. The van der Waals surface area contributed by atoms with Gasteiger partial charge in [0.1, 0.15) is 6.10 Å². The van der Waals surface area contributed by atoms with Crippen molar-refractivity contribution in [1.82, 2.24) is 4.40 Å². The molecule has 0 aliphatic carbocycles. The molecule has 0 amide bonds. The molecular weight excluding hydrogens is 382 g/mol. The van der Waals surface area contributed by atoms with Crippen LogP contribution >= 0.6 is 15.9 Å². The summed E-state index contributed by atoms with van der Waals surface area (Å²) >= 11 is 3.46.